The average Bonchev–Trinajstić information content (AvgIpc) is 2.75. The Kier molecular flexibility index (Phi) is 6.60. The summed E-state index contributed by atoms with van der Waals surface area (Å²) in [5.74, 6) is 0. The van der Waals surface area contributed by atoms with Gasteiger partial charge in [-0.25, -0.2) is 13.2 Å². The number of nitrogens with one attached hydrogen (secondary N) is 1. The van der Waals surface area contributed by atoms with Gasteiger partial charge in [-0.2, -0.15) is 0 Å². The highest BCUT2D eigenvalue weighted by Gasteiger charge is 2.27. The van der Waals surface area contributed by atoms with E-state index in [9.17, 15) is 13.2 Å². The Morgan fingerprint density at radius 1 is 0.875 bits per heavy atom. The molecular weight excluding hydrogens is 469 g/mol. The lowest BCUT2D eigenvalue weighted by atomic mass is 10.1. The number of nitrogens with zero attached hydrogens (tertiary/aromatic N) is 2. The van der Waals surface area contributed by atoms with Gasteiger partial charge in [-0.3, -0.25) is 9.62 Å². The highest BCUT2D eigenvalue weighted by atomic mass is 35.5. The minimum atomic E-state index is -3.78. The van der Waals surface area contributed by atoms with Gasteiger partial charge in [0.15, 0.2) is 0 Å². The maximum absolute atomic E-state index is 13.1. The molecule has 32 heavy (non-hydrogen) atoms. The molecule has 3 aromatic rings. The molecule has 1 fully saturated rings. The predicted molar refractivity (Wildman–Crippen MR) is 128 cm³/mol. The second kappa shape index (κ2) is 9.40. The standard InChI is InChI=1S/C23H21Cl2N3O3S/c24-18-8-10-22(11-9-18)32(30,31)26-20-6-2-7-21(15-20)28-13-3-12-27(23(28)29)16-17-4-1-5-19(25)14-17/h1-2,4-11,14-15,26H,3,12-13,16H2. The molecule has 0 aliphatic carbocycles. The third-order valence-corrected chi connectivity index (χ3v) is 6.99. The van der Waals surface area contributed by atoms with Crippen LogP contribution in [0.15, 0.2) is 77.7 Å². The molecule has 0 unspecified atom stereocenters. The van der Waals surface area contributed by atoms with E-state index in [0.717, 1.165) is 12.0 Å². The smallest absolute Gasteiger partial charge is 0.320 e. The molecular formula is C23H21Cl2N3O3S. The molecule has 1 heterocycles. The van der Waals surface area contributed by atoms with E-state index in [-0.39, 0.29) is 10.9 Å². The minimum absolute atomic E-state index is 0.106. The van der Waals surface area contributed by atoms with E-state index in [4.69, 9.17) is 23.2 Å². The van der Waals surface area contributed by atoms with E-state index in [1.165, 1.54) is 24.3 Å². The largest absolute Gasteiger partial charge is 0.324 e. The zero-order valence-electron chi connectivity index (χ0n) is 17.0. The lowest BCUT2D eigenvalue weighted by Crippen LogP contribution is -2.49. The van der Waals surface area contributed by atoms with Crippen LogP contribution < -0.4 is 9.62 Å². The summed E-state index contributed by atoms with van der Waals surface area (Å²) in [5.41, 5.74) is 1.96. The Morgan fingerprint density at radius 2 is 1.62 bits per heavy atom. The number of benzene rings is 3. The van der Waals surface area contributed by atoms with Gasteiger partial charge in [0, 0.05) is 35.4 Å². The Bertz CT molecular complexity index is 1230. The van der Waals surface area contributed by atoms with Crippen LogP contribution in [0, 0.1) is 0 Å². The van der Waals surface area contributed by atoms with Crippen molar-refractivity contribution in [1.82, 2.24) is 4.90 Å². The van der Waals surface area contributed by atoms with Crippen LogP contribution in [-0.2, 0) is 16.6 Å². The molecule has 6 nitrogen and oxygen atoms in total. The normalized spacial score (nSPS) is 14.5. The Labute approximate surface area is 197 Å². The molecule has 2 amide bonds. The minimum Gasteiger partial charge on any atom is -0.320 e. The van der Waals surface area contributed by atoms with E-state index in [1.54, 1.807) is 40.1 Å². The summed E-state index contributed by atoms with van der Waals surface area (Å²) in [6.45, 7) is 1.65. The van der Waals surface area contributed by atoms with Crippen LogP contribution >= 0.6 is 23.2 Å². The lowest BCUT2D eigenvalue weighted by molar-refractivity contribution is 0.192. The molecule has 0 saturated carbocycles. The quantitative estimate of drug-likeness (QED) is 0.487. The second-order valence-electron chi connectivity index (χ2n) is 7.45. The van der Waals surface area contributed by atoms with Gasteiger partial charge in [0.1, 0.15) is 0 Å². The fourth-order valence-electron chi connectivity index (χ4n) is 3.59. The number of halogens is 2. The van der Waals surface area contributed by atoms with Gasteiger partial charge in [0.2, 0.25) is 0 Å². The van der Waals surface area contributed by atoms with Crippen molar-refractivity contribution < 1.29 is 13.2 Å². The summed E-state index contributed by atoms with van der Waals surface area (Å²) in [6, 6.07) is 20.1. The van der Waals surface area contributed by atoms with Gasteiger partial charge >= 0.3 is 6.03 Å². The molecule has 166 valence electrons. The molecule has 0 atom stereocenters. The maximum Gasteiger partial charge on any atom is 0.324 e. The van der Waals surface area contributed by atoms with Crippen LogP contribution in [-0.4, -0.2) is 32.4 Å². The number of carbonyl (C=O) groups is 1. The highest BCUT2D eigenvalue weighted by Crippen LogP contribution is 2.26. The molecule has 1 saturated heterocycles. The summed E-state index contributed by atoms with van der Waals surface area (Å²) in [4.78, 5) is 16.7. The third kappa shape index (κ3) is 5.18. The molecule has 1 N–H and O–H groups in total. The molecule has 1 aliphatic rings. The van der Waals surface area contributed by atoms with Crippen LogP contribution in [0.5, 0.6) is 0 Å². The van der Waals surface area contributed by atoms with Gasteiger partial charge in [-0.05, 0) is 66.6 Å². The van der Waals surface area contributed by atoms with Crippen molar-refractivity contribution in [2.45, 2.75) is 17.9 Å². The SMILES string of the molecule is O=C1N(Cc2cccc(Cl)c2)CCCN1c1cccc(NS(=O)(=O)c2ccc(Cl)cc2)c1. The fraction of sp³-hybridized carbons (Fsp3) is 0.174. The Hall–Kier alpha value is -2.74. The molecule has 1 aliphatic heterocycles. The van der Waals surface area contributed by atoms with Crippen molar-refractivity contribution in [3.8, 4) is 0 Å². The average molecular weight is 490 g/mol. The topological polar surface area (TPSA) is 69.7 Å². The van der Waals surface area contributed by atoms with Gasteiger partial charge in [0.05, 0.1) is 10.6 Å². The van der Waals surface area contributed by atoms with Crippen molar-refractivity contribution in [3.63, 3.8) is 0 Å². The van der Waals surface area contributed by atoms with Gasteiger partial charge in [-0.15, -0.1) is 0 Å². The van der Waals surface area contributed by atoms with E-state index in [1.807, 2.05) is 18.2 Å². The lowest BCUT2D eigenvalue weighted by Gasteiger charge is -2.36. The van der Waals surface area contributed by atoms with Crippen LogP contribution in [0.1, 0.15) is 12.0 Å². The summed E-state index contributed by atoms with van der Waals surface area (Å²) >= 11 is 11.9. The maximum atomic E-state index is 13.1. The van der Waals surface area contributed by atoms with Gasteiger partial charge in [0.25, 0.3) is 10.0 Å². The molecule has 9 heteroatoms. The Balaban J connectivity index is 1.52. The zero-order valence-corrected chi connectivity index (χ0v) is 19.4. The van der Waals surface area contributed by atoms with Crippen molar-refractivity contribution in [3.05, 3.63) is 88.4 Å². The number of hydrogen-bond acceptors (Lipinski definition) is 3. The summed E-state index contributed by atoms with van der Waals surface area (Å²) in [7, 11) is -3.78. The van der Waals surface area contributed by atoms with Crippen LogP contribution in [0.4, 0.5) is 16.2 Å². The van der Waals surface area contributed by atoms with E-state index >= 15 is 0 Å². The molecule has 0 bridgehead atoms. The van der Waals surface area contributed by atoms with E-state index < -0.39 is 10.0 Å². The second-order valence-corrected chi connectivity index (χ2v) is 10.0. The molecule has 0 radical (unpaired) electrons. The number of sulfonamides is 1. The number of amides is 2. The van der Waals surface area contributed by atoms with Crippen LogP contribution in [0.3, 0.4) is 0 Å². The fourth-order valence-corrected chi connectivity index (χ4v) is 4.98. The molecule has 3 aromatic carbocycles. The Morgan fingerprint density at radius 3 is 2.38 bits per heavy atom. The monoisotopic (exact) mass is 489 g/mol. The number of anilines is 2. The highest BCUT2D eigenvalue weighted by molar-refractivity contribution is 7.92. The summed E-state index contributed by atoms with van der Waals surface area (Å²) < 4.78 is 28.0. The van der Waals surface area contributed by atoms with Crippen LogP contribution in [0.25, 0.3) is 0 Å². The number of carbonyl (C=O) groups excluding carboxylic acids is 1. The summed E-state index contributed by atoms with van der Waals surface area (Å²) in [6.07, 6.45) is 0.799. The van der Waals surface area contributed by atoms with Crippen molar-refractivity contribution in [2.24, 2.45) is 0 Å². The zero-order chi connectivity index (χ0) is 22.7. The first kappa shape index (κ1) is 22.5. The number of hydrogen-bond donors (Lipinski definition) is 1. The molecule has 0 spiro atoms. The van der Waals surface area contributed by atoms with E-state index in [0.29, 0.717) is 41.1 Å². The third-order valence-electron chi connectivity index (χ3n) is 5.11. The van der Waals surface area contributed by atoms with Gasteiger partial charge in [-0.1, -0.05) is 41.4 Å². The molecule has 4 rings (SSSR count). The summed E-state index contributed by atoms with van der Waals surface area (Å²) in [5, 5.41) is 1.08. The first-order valence-corrected chi connectivity index (χ1v) is 12.2. The van der Waals surface area contributed by atoms with Crippen molar-refractivity contribution in [2.75, 3.05) is 22.7 Å². The number of rotatable bonds is 6. The predicted octanol–water partition coefficient (Wildman–Crippen LogP) is 5.63. The van der Waals surface area contributed by atoms with Crippen LogP contribution in [0.2, 0.25) is 10.0 Å². The van der Waals surface area contributed by atoms with Crippen molar-refractivity contribution in [1.29, 1.82) is 0 Å². The number of urea groups is 1. The van der Waals surface area contributed by atoms with Crippen molar-refractivity contribution >= 4 is 50.6 Å². The van der Waals surface area contributed by atoms with Gasteiger partial charge < -0.3 is 4.90 Å². The molecule has 0 aromatic heterocycles. The van der Waals surface area contributed by atoms with E-state index in [2.05, 4.69) is 4.72 Å². The first-order chi connectivity index (χ1) is 15.3. The first-order valence-electron chi connectivity index (χ1n) is 10.0.